The highest BCUT2D eigenvalue weighted by atomic mass is 16.3. The minimum atomic E-state index is 0.169. The van der Waals surface area contributed by atoms with Crippen LogP contribution in [0.1, 0.15) is 56.2 Å². The molecule has 24 heavy (non-hydrogen) atoms. The lowest BCUT2D eigenvalue weighted by Crippen LogP contribution is -1.97. The van der Waals surface area contributed by atoms with Crippen LogP contribution >= 0.6 is 0 Å². The van der Waals surface area contributed by atoms with Crippen LogP contribution in [0.5, 0.6) is 17.2 Å². The van der Waals surface area contributed by atoms with Crippen molar-refractivity contribution in [3.63, 3.8) is 0 Å². The third-order valence-corrected chi connectivity index (χ3v) is 4.01. The molecule has 0 saturated carbocycles. The van der Waals surface area contributed by atoms with Gasteiger partial charge in [0.1, 0.15) is 17.2 Å². The summed E-state index contributed by atoms with van der Waals surface area (Å²) in [5.41, 5.74) is 3.54. The zero-order valence-corrected chi connectivity index (χ0v) is 15.0. The number of hydrogen-bond donors (Lipinski definition) is 3. The van der Waals surface area contributed by atoms with E-state index in [-0.39, 0.29) is 11.5 Å². The Morgan fingerprint density at radius 1 is 0.708 bits per heavy atom. The molecule has 2 aromatic carbocycles. The Morgan fingerprint density at radius 3 is 1.71 bits per heavy atom. The van der Waals surface area contributed by atoms with E-state index in [1.54, 1.807) is 0 Å². The van der Waals surface area contributed by atoms with Crippen LogP contribution in [-0.2, 0) is 12.8 Å². The van der Waals surface area contributed by atoms with Crippen molar-refractivity contribution in [2.24, 2.45) is 0 Å². The topological polar surface area (TPSA) is 60.7 Å². The van der Waals surface area contributed by atoms with E-state index < -0.39 is 0 Å². The molecule has 3 nitrogen and oxygen atoms in total. The normalized spacial score (nSPS) is 10.1. The first-order valence-electron chi connectivity index (χ1n) is 8.77. The molecule has 0 heterocycles. The smallest absolute Gasteiger partial charge is 0.121 e. The van der Waals surface area contributed by atoms with Crippen molar-refractivity contribution in [3.8, 4) is 17.2 Å². The Labute approximate surface area is 145 Å². The van der Waals surface area contributed by atoms with Gasteiger partial charge < -0.3 is 15.3 Å². The molecule has 0 atom stereocenters. The molecule has 2 aromatic rings. The highest BCUT2D eigenvalue weighted by Crippen LogP contribution is 2.28. The Morgan fingerprint density at radius 2 is 1.21 bits per heavy atom. The number of phenols is 3. The maximum Gasteiger partial charge on any atom is 0.121 e. The van der Waals surface area contributed by atoms with Gasteiger partial charge in [-0.2, -0.15) is 0 Å². The first-order chi connectivity index (χ1) is 11.5. The highest BCUT2D eigenvalue weighted by Gasteiger charge is 2.09. The van der Waals surface area contributed by atoms with Gasteiger partial charge in [-0.25, -0.2) is 0 Å². The SMILES string of the molecule is CCCCc1ccc(C)c(O)c1CCCC.Oc1ccc(O)cc1. The minimum Gasteiger partial charge on any atom is -0.508 e. The van der Waals surface area contributed by atoms with Gasteiger partial charge in [-0.15, -0.1) is 0 Å². The van der Waals surface area contributed by atoms with Crippen LogP contribution in [0.2, 0.25) is 0 Å². The monoisotopic (exact) mass is 330 g/mol. The minimum absolute atomic E-state index is 0.169. The number of hydrogen-bond acceptors (Lipinski definition) is 3. The molecule has 132 valence electrons. The standard InChI is InChI=1S/C15H24O.C6H6O2/c1-4-6-8-13-11-10-12(3)15(16)14(13)9-7-5-2;7-5-1-2-6(8)4-3-5/h10-11,16H,4-9H2,1-3H3;1-4,7-8H. The Bertz CT molecular complexity index is 582. The molecule has 0 saturated heterocycles. The van der Waals surface area contributed by atoms with Crippen LogP contribution in [0.3, 0.4) is 0 Å². The molecule has 3 N–H and O–H groups in total. The van der Waals surface area contributed by atoms with Gasteiger partial charge in [0.2, 0.25) is 0 Å². The Balaban J connectivity index is 0.000000300. The van der Waals surface area contributed by atoms with E-state index >= 15 is 0 Å². The predicted octanol–water partition coefficient (Wildman–Crippen LogP) is 5.48. The van der Waals surface area contributed by atoms with Crippen molar-refractivity contribution in [1.82, 2.24) is 0 Å². The van der Waals surface area contributed by atoms with E-state index in [9.17, 15) is 5.11 Å². The Kier molecular flexibility index (Phi) is 8.77. The number of aromatic hydroxyl groups is 3. The molecule has 2 rings (SSSR count). The molecule has 0 bridgehead atoms. The van der Waals surface area contributed by atoms with Crippen LogP contribution < -0.4 is 0 Å². The van der Waals surface area contributed by atoms with Crippen molar-refractivity contribution in [2.45, 2.75) is 59.3 Å². The van der Waals surface area contributed by atoms with Crippen LogP contribution in [-0.4, -0.2) is 15.3 Å². The molecule has 0 aromatic heterocycles. The molecule has 0 amide bonds. The molecule has 0 aliphatic carbocycles. The molecular weight excluding hydrogens is 300 g/mol. The molecule has 0 unspecified atom stereocenters. The van der Waals surface area contributed by atoms with Crippen LogP contribution in [0.25, 0.3) is 0 Å². The van der Waals surface area contributed by atoms with Crippen molar-refractivity contribution in [2.75, 3.05) is 0 Å². The largest absolute Gasteiger partial charge is 0.508 e. The predicted molar refractivity (Wildman–Crippen MR) is 99.8 cm³/mol. The molecule has 0 aliphatic rings. The van der Waals surface area contributed by atoms with Crippen molar-refractivity contribution in [1.29, 1.82) is 0 Å². The quantitative estimate of drug-likeness (QED) is 0.614. The summed E-state index contributed by atoms with van der Waals surface area (Å²) in [5.74, 6) is 0.868. The van der Waals surface area contributed by atoms with Gasteiger partial charge in [0, 0.05) is 0 Å². The van der Waals surface area contributed by atoms with Crippen LogP contribution in [0.15, 0.2) is 36.4 Å². The van der Waals surface area contributed by atoms with Crippen LogP contribution in [0.4, 0.5) is 0 Å². The molecule has 0 spiro atoms. The van der Waals surface area contributed by atoms with Gasteiger partial charge in [0.05, 0.1) is 0 Å². The molecule has 0 radical (unpaired) electrons. The van der Waals surface area contributed by atoms with Crippen molar-refractivity contribution < 1.29 is 15.3 Å². The van der Waals surface area contributed by atoms with Gasteiger partial charge in [-0.1, -0.05) is 38.8 Å². The number of rotatable bonds is 6. The van der Waals surface area contributed by atoms with E-state index in [0.717, 1.165) is 24.8 Å². The fourth-order valence-corrected chi connectivity index (χ4v) is 2.48. The fraction of sp³-hybridized carbons (Fsp3) is 0.429. The van der Waals surface area contributed by atoms with Crippen molar-refractivity contribution in [3.05, 3.63) is 53.1 Å². The van der Waals surface area contributed by atoms with E-state index in [2.05, 4.69) is 19.9 Å². The first kappa shape index (κ1) is 19.9. The van der Waals surface area contributed by atoms with E-state index in [4.69, 9.17) is 10.2 Å². The summed E-state index contributed by atoms with van der Waals surface area (Å²) in [6.07, 6.45) is 6.88. The first-order valence-corrected chi connectivity index (χ1v) is 8.77. The second-order valence-corrected chi connectivity index (χ2v) is 6.09. The van der Waals surface area contributed by atoms with Crippen molar-refractivity contribution >= 4 is 0 Å². The van der Waals surface area contributed by atoms with Gasteiger partial charge in [0.25, 0.3) is 0 Å². The summed E-state index contributed by atoms with van der Waals surface area (Å²) in [6.45, 7) is 6.38. The molecule has 0 fully saturated rings. The average molecular weight is 330 g/mol. The second-order valence-electron chi connectivity index (χ2n) is 6.09. The fourth-order valence-electron chi connectivity index (χ4n) is 2.48. The van der Waals surface area contributed by atoms with E-state index in [1.807, 2.05) is 13.0 Å². The number of aryl methyl sites for hydroxylation is 2. The van der Waals surface area contributed by atoms with E-state index in [1.165, 1.54) is 54.7 Å². The molecule has 3 heteroatoms. The maximum atomic E-state index is 10.1. The summed E-state index contributed by atoms with van der Waals surface area (Å²) in [5, 5.41) is 27.4. The lowest BCUT2D eigenvalue weighted by atomic mass is 9.95. The third-order valence-electron chi connectivity index (χ3n) is 4.01. The lowest BCUT2D eigenvalue weighted by Gasteiger charge is -2.13. The number of phenolic OH excluding ortho intramolecular Hbond substituents is 3. The number of unbranched alkanes of at least 4 members (excludes halogenated alkanes) is 2. The summed E-state index contributed by atoms with van der Waals surface area (Å²) in [7, 11) is 0. The summed E-state index contributed by atoms with van der Waals surface area (Å²) in [6, 6.07) is 9.93. The lowest BCUT2D eigenvalue weighted by molar-refractivity contribution is 0.460. The zero-order chi connectivity index (χ0) is 17.9. The molecule has 0 aliphatic heterocycles. The summed E-state index contributed by atoms with van der Waals surface area (Å²) in [4.78, 5) is 0. The Hall–Kier alpha value is -2.16. The summed E-state index contributed by atoms with van der Waals surface area (Å²) >= 11 is 0. The summed E-state index contributed by atoms with van der Waals surface area (Å²) < 4.78 is 0. The highest BCUT2D eigenvalue weighted by molar-refractivity contribution is 5.45. The zero-order valence-electron chi connectivity index (χ0n) is 15.0. The van der Waals surface area contributed by atoms with Gasteiger partial charge in [0.15, 0.2) is 0 Å². The third kappa shape index (κ3) is 6.53. The van der Waals surface area contributed by atoms with Gasteiger partial charge in [-0.05, 0) is 73.6 Å². The van der Waals surface area contributed by atoms with Gasteiger partial charge in [-0.3, -0.25) is 0 Å². The molecular formula is C21H30O3. The second kappa shape index (κ2) is 10.6. The number of benzene rings is 2. The van der Waals surface area contributed by atoms with E-state index in [0.29, 0.717) is 5.75 Å². The van der Waals surface area contributed by atoms with Crippen LogP contribution in [0, 0.1) is 6.92 Å². The van der Waals surface area contributed by atoms with Gasteiger partial charge >= 0.3 is 0 Å². The maximum absolute atomic E-state index is 10.1. The average Bonchev–Trinajstić information content (AvgIpc) is 2.58.